The van der Waals surface area contributed by atoms with Crippen LogP contribution in [0.2, 0.25) is 0 Å². The number of ether oxygens (including phenoxy) is 1. The number of rotatable bonds is 2. The summed E-state index contributed by atoms with van der Waals surface area (Å²) in [6.45, 7) is 9.11. The summed E-state index contributed by atoms with van der Waals surface area (Å²) in [6.07, 6.45) is 0. The van der Waals surface area contributed by atoms with Crippen LogP contribution in [0.4, 0.5) is 5.95 Å². The summed E-state index contributed by atoms with van der Waals surface area (Å²) in [6, 6.07) is 8.12. The smallest absolute Gasteiger partial charge is 0.250 e. The summed E-state index contributed by atoms with van der Waals surface area (Å²) in [5.41, 5.74) is 2.15. The number of hydrogen-bond acceptors (Lipinski definition) is 5. The normalized spacial score (nSPS) is 16.0. The molecule has 1 fully saturated rings. The molecule has 3 rings (SSSR count). The SMILES string of the molecule is CC(C)(C)c1ccc(-c2nc(N3CCOCC3)nc(C(Cl)(Cl)Cl)n2)cc1. The maximum Gasteiger partial charge on any atom is 0.250 e. The van der Waals surface area contributed by atoms with Gasteiger partial charge in [-0.15, -0.1) is 0 Å². The Morgan fingerprint density at radius 2 is 1.54 bits per heavy atom. The fraction of sp³-hybridized carbons (Fsp3) is 0.500. The molecule has 2 heterocycles. The van der Waals surface area contributed by atoms with Crippen LogP contribution >= 0.6 is 34.8 Å². The molecule has 1 saturated heterocycles. The first-order valence-electron chi connectivity index (χ1n) is 8.41. The standard InChI is InChI=1S/C18H21Cl3N4O/c1-17(2,3)13-6-4-12(5-7-13)14-22-15(18(19,20)21)24-16(23-14)25-8-10-26-11-9-25/h4-7H,8-11H2,1-3H3. The van der Waals surface area contributed by atoms with Gasteiger partial charge in [0.05, 0.1) is 13.2 Å². The number of alkyl halides is 3. The molecule has 0 radical (unpaired) electrons. The van der Waals surface area contributed by atoms with Crippen LogP contribution in [0.3, 0.4) is 0 Å². The summed E-state index contributed by atoms with van der Waals surface area (Å²) < 4.78 is 3.67. The largest absolute Gasteiger partial charge is 0.378 e. The molecule has 0 unspecified atom stereocenters. The molecule has 0 bridgehead atoms. The van der Waals surface area contributed by atoms with Crippen molar-refractivity contribution in [2.24, 2.45) is 0 Å². The maximum atomic E-state index is 6.05. The average Bonchev–Trinajstić information content (AvgIpc) is 2.61. The molecule has 5 nitrogen and oxygen atoms in total. The van der Waals surface area contributed by atoms with Gasteiger partial charge in [-0.05, 0) is 11.0 Å². The van der Waals surface area contributed by atoms with Crippen molar-refractivity contribution in [3.05, 3.63) is 35.7 Å². The van der Waals surface area contributed by atoms with Gasteiger partial charge < -0.3 is 9.64 Å². The van der Waals surface area contributed by atoms with Gasteiger partial charge in [-0.1, -0.05) is 79.8 Å². The molecule has 0 atom stereocenters. The second-order valence-electron chi connectivity index (χ2n) is 7.21. The van der Waals surface area contributed by atoms with E-state index >= 15 is 0 Å². The van der Waals surface area contributed by atoms with E-state index in [-0.39, 0.29) is 11.2 Å². The minimum absolute atomic E-state index is 0.0688. The van der Waals surface area contributed by atoms with Crippen LogP contribution in [0.25, 0.3) is 11.4 Å². The van der Waals surface area contributed by atoms with Crippen molar-refractivity contribution in [3.63, 3.8) is 0 Å². The van der Waals surface area contributed by atoms with Gasteiger partial charge in [-0.25, -0.2) is 4.98 Å². The molecule has 0 aliphatic carbocycles. The van der Waals surface area contributed by atoms with Crippen LogP contribution in [0.15, 0.2) is 24.3 Å². The van der Waals surface area contributed by atoms with E-state index in [1.165, 1.54) is 5.56 Å². The van der Waals surface area contributed by atoms with Gasteiger partial charge in [-0.3, -0.25) is 0 Å². The molecule has 8 heteroatoms. The lowest BCUT2D eigenvalue weighted by Crippen LogP contribution is -2.37. The first kappa shape index (κ1) is 19.6. The Balaban J connectivity index is 2.02. The summed E-state index contributed by atoms with van der Waals surface area (Å²) in [5, 5.41) is 0. The highest BCUT2D eigenvalue weighted by molar-refractivity contribution is 6.66. The predicted octanol–water partition coefficient (Wildman–Crippen LogP) is 4.50. The van der Waals surface area contributed by atoms with Crippen molar-refractivity contribution in [3.8, 4) is 11.4 Å². The van der Waals surface area contributed by atoms with Crippen molar-refractivity contribution < 1.29 is 4.74 Å². The molecule has 2 aromatic rings. The van der Waals surface area contributed by atoms with E-state index in [4.69, 9.17) is 39.5 Å². The molecule has 0 saturated carbocycles. The van der Waals surface area contributed by atoms with E-state index in [2.05, 4.69) is 47.9 Å². The van der Waals surface area contributed by atoms with Gasteiger partial charge >= 0.3 is 0 Å². The highest BCUT2D eigenvalue weighted by Gasteiger charge is 2.30. The Labute approximate surface area is 168 Å². The molecular formula is C18H21Cl3N4O. The van der Waals surface area contributed by atoms with Crippen LogP contribution in [-0.2, 0) is 13.9 Å². The Bertz CT molecular complexity index is 763. The summed E-state index contributed by atoms with van der Waals surface area (Å²) in [7, 11) is 0. The average molecular weight is 416 g/mol. The highest BCUT2D eigenvalue weighted by atomic mass is 35.6. The number of aromatic nitrogens is 3. The predicted molar refractivity (Wildman–Crippen MR) is 106 cm³/mol. The Morgan fingerprint density at radius 1 is 0.923 bits per heavy atom. The minimum Gasteiger partial charge on any atom is -0.378 e. The summed E-state index contributed by atoms with van der Waals surface area (Å²) in [4.78, 5) is 15.4. The van der Waals surface area contributed by atoms with E-state index in [1.54, 1.807) is 0 Å². The van der Waals surface area contributed by atoms with Crippen molar-refractivity contribution in [1.82, 2.24) is 15.0 Å². The van der Waals surface area contributed by atoms with E-state index in [1.807, 2.05) is 17.0 Å². The number of anilines is 1. The van der Waals surface area contributed by atoms with E-state index in [0.717, 1.165) is 5.56 Å². The van der Waals surface area contributed by atoms with Crippen LogP contribution < -0.4 is 4.90 Å². The van der Waals surface area contributed by atoms with Crippen LogP contribution in [-0.4, -0.2) is 41.3 Å². The van der Waals surface area contributed by atoms with Crippen molar-refractivity contribution in [2.45, 2.75) is 30.0 Å². The van der Waals surface area contributed by atoms with Crippen LogP contribution in [0.1, 0.15) is 32.2 Å². The quantitative estimate of drug-likeness (QED) is 0.676. The zero-order chi connectivity index (χ0) is 18.9. The number of morpholine rings is 1. The third-order valence-corrected chi connectivity index (χ3v) is 4.69. The summed E-state index contributed by atoms with van der Waals surface area (Å²) >= 11 is 18.1. The maximum absolute atomic E-state index is 6.05. The van der Waals surface area contributed by atoms with Crippen molar-refractivity contribution in [1.29, 1.82) is 0 Å². The van der Waals surface area contributed by atoms with E-state index < -0.39 is 3.79 Å². The third-order valence-electron chi connectivity index (χ3n) is 4.18. The second kappa shape index (κ2) is 7.47. The van der Waals surface area contributed by atoms with Crippen molar-refractivity contribution >= 4 is 40.8 Å². The lowest BCUT2D eigenvalue weighted by Gasteiger charge is -2.27. The Hall–Kier alpha value is -1.14. The van der Waals surface area contributed by atoms with E-state index in [0.29, 0.717) is 38.1 Å². The van der Waals surface area contributed by atoms with Crippen LogP contribution in [0.5, 0.6) is 0 Å². The zero-order valence-corrected chi connectivity index (χ0v) is 17.2. The van der Waals surface area contributed by atoms with Crippen LogP contribution in [0, 0.1) is 0 Å². The molecule has 1 aliphatic rings. The number of hydrogen-bond donors (Lipinski definition) is 0. The molecule has 1 aliphatic heterocycles. The first-order valence-corrected chi connectivity index (χ1v) is 9.55. The third kappa shape index (κ3) is 4.58. The molecular weight excluding hydrogens is 395 g/mol. The zero-order valence-electron chi connectivity index (χ0n) is 15.0. The van der Waals surface area contributed by atoms with Gasteiger partial charge in [0.15, 0.2) is 11.6 Å². The van der Waals surface area contributed by atoms with Gasteiger partial charge in [0, 0.05) is 18.7 Å². The van der Waals surface area contributed by atoms with Gasteiger partial charge in [0.1, 0.15) is 0 Å². The lowest BCUT2D eigenvalue weighted by atomic mass is 9.87. The molecule has 140 valence electrons. The molecule has 1 aromatic carbocycles. The number of benzene rings is 1. The van der Waals surface area contributed by atoms with Gasteiger partial charge in [-0.2, -0.15) is 9.97 Å². The fourth-order valence-electron chi connectivity index (χ4n) is 2.64. The summed E-state index contributed by atoms with van der Waals surface area (Å²) in [5.74, 6) is 1.11. The van der Waals surface area contributed by atoms with E-state index in [9.17, 15) is 0 Å². The lowest BCUT2D eigenvalue weighted by molar-refractivity contribution is 0.122. The van der Waals surface area contributed by atoms with Gasteiger partial charge in [0.25, 0.3) is 0 Å². The minimum atomic E-state index is -1.72. The van der Waals surface area contributed by atoms with Gasteiger partial charge in [0.2, 0.25) is 9.74 Å². The fourth-order valence-corrected chi connectivity index (χ4v) is 2.90. The molecule has 1 aromatic heterocycles. The molecule has 0 spiro atoms. The first-order chi connectivity index (χ1) is 12.1. The highest BCUT2D eigenvalue weighted by Crippen LogP contribution is 2.37. The topological polar surface area (TPSA) is 51.1 Å². The number of halogens is 3. The molecule has 0 amide bonds. The molecule has 0 N–H and O–H groups in total. The second-order valence-corrected chi connectivity index (χ2v) is 9.49. The Kier molecular flexibility index (Phi) is 5.63. The van der Waals surface area contributed by atoms with Crippen molar-refractivity contribution in [2.75, 3.05) is 31.2 Å². The monoisotopic (exact) mass is 414 g/mol. The number of nitrogens with zero attached hydrogens (tertiary/aromatic N) is 4. The Morgan fingerprint density at radius 3 is 2.08 bits per heavy atom. The molecule has 26 heavy (non-hydrogen) atoms.